The topological polar surface area (TPSA) is 59.1 Å². The third-order valence-electron chi connectivity index (χ3n) is 2.49. The van der Waals surface area contributed by atoms with E-state index in [0.29, 0.717) is 23.1 Å². The van der Waals surface area contributed by atoms with Gasteiger partial charge in [0.05, 0.1) is 5.69 Å². The minimum absolute atomic E-state index is 0.283. The van der Waals surface area contributed by atoms with Crippen molar-refractivity contribution in [3.05, 3.63) is 40.4 Å². The van der Waals surface area contributed by atoms with Crippen LogP contribution >= 0.6 is 15.9 Å². The average Bonchev–Trinajstić information content (AvgIpc) is 2.43. The lowest BCUT2D eigenvalue weighted by Crippen LogP contribution is -2.05. The zero-order chi connectivity index (χ0) is 14.5. The van der Waals surface area contributed by atoms with Gasteiger partial charge >= 0.3 is 0 Å². The van der Waals surface area contributed by atoms with Crippen LogP contribution in [0.4, 0.5) is 21.7 Å². The molecule has 0 aliphatic carbocycles. The number of hydrogen-bond acceptors (Lipinski definition) is 5. The van der Waals surface area contributed by atoms with E-state index < -0.39 is 0 Å². The molecule has 0 unspecified atom stereocenters. The van der Waals surface area contributed by atoms with Crippen molar-refractivity contribution in [3.8, 4) is 0 Å². The van der Waals surface area contributed by atoms with Crippen molar-refractivity contribution >= 4 is 33.3 Å². The van der Waals surface area contributed by atoms with Crippen molar-refractivity contribution in [3.63, 3.8) is 0 Å². The van der Waals surface area contributed by atoms with E-state index in [-0.39, 0.29) is 12.4 Å². The van der Waals surface area contributed by atoms with Crippen molar-refractivity contribution in [2.24, 2.45) is 0 Å². The lowest BCUT2D eigenvalue weighted by Gasteiger charge is -2.10. The molecule has 106 valence electrons. The van der Waals surface area contributed by atoms with Crippen LogP contribution in [0.2, 0.25) is 0 Å². The number of ether oxygens (including phenoxy) is 1. The summed E-state index contributed by atoms with van der Waals surface area (Å²) in [4.78, 5) is 8.50. The Morgan fingerprint density at radius 1 is 1.25 bits per heavy atom. The van der Waals surface area contributed by atoms with Crippen LogP contribution < -0.4 is 10.6 Å². The molecule has 1 aromatic heterocycles. The summed E-state index contributed by atoms with van der Waals surface area (Å²) in [5.41, 5.74) is 0.337. The second kappa shape index (κ2) is 6.62. The molecule has 7 heteroatoms. The molecule has 0 amide bonds. The zero-order valence-electron chi connectivity index (χ0n) is 11.1. The second-order valence-corrected chi connectivity index (χ2v) is 4.90. The largest absolute Gasteiger partial charge is 0.377 e. The molecule has 0 fully saturated rings. The molecule has 1 heterocycles. The Labute approximate surface area is 124 Å². The third-order valence-corrected chi connectivity index (χ3v) is 2.99. The van der Waals surface area contributed by atoms with E-state index in [1.807, 2.05) is 0 Å². The highest BCUT2D eigenvalue weighted by atomic mass is 79.9. The molecular formula is C13H14BrFN4O. The summed E-state index contributed by atoms with van der Waals surface area (Å²) in [6, 6.07) is 6.35. The second-order valence-electron chi connectivity index (χ2n) is 3.99. The fourth-order valence-electron chi connectivity index (χ4n) is 1.61. The molecule has 1 aromatic carbocycles. The fourth-order valence-corrected chi connectivity index (χ4v) is 1.98. The van der Waals surface area contributed by atoms with Gasteiger partial charge in [-0.25, -0.2) is 14.4 Å². The van der Waals surface area contributed by atoms with Crippen LogP contribution in [0.15, 0.2) is 28.7 Å². The van der Waals surface area contributed by atoms with Gasteiger partial charge in [-0.15, -0.1) is 0 Å². The van der Waals surface area contributed by atoms with Gasteiger partial charge in [-0.1, -0.05) is 15.9 Å². The van der Waals surface area contributed by atoms with Crippen molar-refractivity contribution < 1.29 is 9.13 Å². The third kappa shape index (κ3) is 3.64. The highest BCUT2D eigenvalue weighted by molar-refractivity contribution is 9.10. The Kier molecular flexibility index (Phi) is 4.86. The van der Waals surface area contributed by atoms with Gasteiger partial charge in [0.1, 0.15) is 24.1 Å². The molecule has 2 rings (SSSR count). The van der Waals surface area contributed by atoms with Gasteiger partial charge in [0, 0.05) is 24.7 Å². The molecule has 5 nitrogen and oxygen atoms in total. The zero-order valence-corrected chi connectivity index (χ0v) is 12.7. The van der Waals surface area contributed by atoms with Gasteiger partial charge in [-0.3, -0.25) is 0 Å². The molecule has 20 heavy (non-hydrogen) atoms. The average molecular weight is 341 g/mol. The van der Waals surface area contributed by atoms with E-state index in [0.717, 1.165) is 4.47 Å². The maximum atomic E-state index is 13.7. The number of nitrogens with zero attached hydrogens (tertiary/aromatic N) is 2. The number of methoxy groups -OCH3 is 1. The predicted molar refractivity (Wildman–Crippen MR) is 79.7 cm³/mol. The van der Waals surface area contributed by atoms with Crippen molar-refractivity contribution in [2.75, 3.05) is 24.8 Å². The molecule has 0 aliphatic rings. The standard InChI is InChI=1S/C13H14BrFN4O/c1-16-11-6-12(19-13(18-11)7-20-2)17-10-5-8(14)3-4-9(10)15/h3-6H,7H2,1-2H3,(H2,16,17,18,19). The molecule has 0 aliphatic heterocycles. The van der Waals surface area contributed by atoms with Crippen LogP contribution in [0.25, 0.3) is 0 Å². The van der Waals surface area contributed by atoms with E-state index in [1.54, 1.807) is 32.4 Å². The first-order valence-electron chi connectivity index (χ1n) is 5.89. The molecule has 0 radical (unpaired) electrons. The summed E-state index contributed by atoms with van der Waals surface area (Å²) in [6.45, 7) is 0.283. The summed E-state index contributed by atoms with van der Waals surface area (Å²) < 4.78 is 19.5. The summed E-state index contributed by atoms with van der Waals surface area (Å²) in [5, 5.41) is 5.86. The number of nitrogens with one attached hydrogen (secondary N) is 2. The molecule has 0 saturated heterocycles. The van der Waals surface area contributed by atoms with E-state index in [9.17, 15) is 4.39 Å². The summed E-state index contributed by atoms with van der Waals surface area (Å²) in [6.07, 6.45) is 0. The number of hydrogen-bond donors (Lipinski definition) is 2. The first-order chi connectivity index (χ1) is 9.62. The number of rotatable bonds is 5. The summed E-state index contributed by atoms with van der Waals surface area (Å²) >= 11 is 3.31. The fraction of sp³-hybridized carbons (Fsp3) is 0.231. The predicted octanol–water partition coefficient (Wildman–Crippen LogP) is 3.31. The van der Waals surface area contributed by atoms with Crippen LogP contribution in [0.3, 0.4) is 0 Å². The monoisotopic (exact) mass is 340 g/mol. The van der Waals surface area contributed by atoms with Crippen LogP contribution in [0, 0.1) is 5.82 Å². The van der Waals surface area contributed by atoms with Gasteiger partial charge in [0.25, 0.3) is 0 Å². The van der Waals surface area contributed by atoms with Gasteiger partial charge in [0.15, 0.2) is 5.82 Å². The highest BCUT2D eigenvalue weighted by Crippen LogP contribution is 2.24. The van der Waals surface area contributed by atoms with Crippen molar-refractivity contribution in [1.29, 1.82) is 0 Å². The van der Waals surface area contributed by atoms with Gasteiger partial charge in [0.2, 0.25) is 0 Å². The molecule has 0 spiro atoms. The van der Waals surface area contributed by atoms with Crippen LogP contribution in [-0.4, -0.2) is 24.1 Å². The highest BCUT2D eigenvalue weighted by Gasteiger charge is 2.07. The molecule has 0 bridgehead atoms. The number of benzene rings is 1. The van der Waals surface area contributed by atoms with Crippen LogP contribution in [-0.2, 0) is 11.3 Å². The number of halogens is 2. The molecule has 0 atom stereocenters. The molecular weight excluding hydrogens is 327 g/mol. The number of aromatic nitrogens is 2. The lowest BCUT2D eigenvalue weighted by molar-refractivity contribution is 0.178. The van der Waals surface area contributed by atoms with Gasteiger partial charge in [-0.2, -0.15) is 0 Å². The smallest absolute Gasteiger partial charge is 0.158 e. The van der Waals surface area contributed by atoms with Gasteiger partial charge in [-0.05, 0) is 18.2 Å². The molecule has 0 saturated carbocycles. The minimum Gasteiger partial charge on any atom is -0.377 e. The Hall–Kier alpha value is -1.73. The van der Waals surface area contributed by atoms with Crippen molar-refractivity contribution in [1.82, 2.24) is 9.97 Å². The van der Waals surface area contributed by atoms with E-state index in [2.05, 4.69) is 36.5 Å². The number of anilines is 3. The quantitative estimate of drug-likeness (QED) is 0.874. The maximum absolute atomic E-state index is 13.7. The Morgan fingerprint density at radius 3 is 2.70 bits per heavy atom. The first kappa shape index (κ1) is 14.7. The van der Waals surface area contributed by atoms with Crippen LogP contribution in [0.1, 0.15) is 5.82 Å². The minimum atomic E-state index is -0.355. The van der Waals surface area contributed by atoms with Crippen molar-refractivity contribution in [2.45, 2.75) is 6.61 Å². The van der Waals surface area contributed by atoms with E-state index in [4.69, 9.17) is 4.74 Å². The summed E-state index contributed by atoms with van der Waals surface area (Å²) in [7, 11) is 3.32. The maximum Gasteiger partial charge on any atom is 0.158 e. The van der Waals surface area contributed by atoms with E-state index in [1.165, 1.54) is 6.07 Å². The summed E-state index contributed by atoms with van der Waals surface area (Å²) in [5.74, 6) is 1.28. The Bertz CT molecular complexity index is 609. The Morgan fingerprint density at radius 2 is 2.00 bits per heavy atom. The SMILES string of the molecule is CNc1cc(Nc2cc(Br)ccc2F)nc(COC)n1. The first-order valence-corrected chi connectivity index (χ1v) is 6.68. The normalized spacial score (nSPS) is 10.4. The lowest BCUT2D eigenvalue weighted by atomic mass is 10.3. The molecule has 2 aromatic rings. The Balaban J connectivity index is 2.32. The van der Waals surface area contributed by atoms with Crippen LogP contribution in [0.5, 0.6) is 0 Å². The van der Waals surface area contributed by atoms with E-state index >= 15 is 0 Å². The van der Waals surface area contributed by atoms with Gasteiger partial charge < -0.3 is 15.4 Å². The molecule has 2 N–H and O–H groups in total.